The fourth-order valence-electron chi connectivity index (χ4n) is 6.15. The molecule has 292 valence electrons. The maximum Gasteiger partial charge on any atom is 0.239 e. The molecule has 14 atom stereocenters. The summed E-state index contributed by atoms with van der Waals surface area (Å²) in [7, 11) is 1.27. The third-order valence-electron chi connectivity index (χ3n) is 9.21. The number of phenolic OH excluding ortho intramolecular Hbond substituents is 2. The van der Waals surface area contributed by atoms with Gasteiger partial charge in [0.05, 0.1) is 26.4 Å². The fourth-order valence-corrected chi connectivity index (χ4v) is 6.15. The van der Waals surface area contributed by atoms with E-state index in [1.165, 1.54) is 32.2 Å². The number of aromatic hydroxyl groups is 2. The van der Waals surface area contributed by atoms with Gasteiger partial charge in [0.2, 0.25) is 23.8 Å². The predicted molar refractivity (Wildman–Crippen MR) is 172 cm³/mol. The second-order valence-electron chi connectivity index (χ2n) is 12.8. The molecule has 0 spiro atoms. The molecule has 0 radical (unpaired) electrons. The van der Waals surface area contributed by atoms with Crippen molar-refractivity contribution in [3.63, 3.8) is 0 Å². The standard InChI is InChI=1S/C33H40O20/c1-10-20(38)25(43)30(53-32-27(45)24(42)22(40)18(8-34)51-32)33(48-10)49-12-6-14(36)19-17(7-12)50-28(11-3-4-13(35)16(5-11)46-2)29(23(19)41)52-31-26(44)21(39)15(37)9-47-31/h3-7,10,15,18,20-22,24-27,30-40,42-45H,8-9H2,1-2H3/t10-,15-,18+,20-,21-,22+,24-,25+,26+,27+,30+,31-,32-,33-/m0/s1. The Labute approximate surface area is 298 Å². The fraction of sp³-hybridized carbons (Fsp3) is 0.545. The molecule has 6 rings (SSSR count). The highest BCUT2D eigenvalue weighted by Gasteiger charge is 2.51. The molecule has 2 aromatic carbocycles. The predicted octanol–water partition coefficient (Wildman–Crippen LogP) is -3.27. The highest BCUT2D eigenvalue weighted by Crippen LogP contribution is 2.40. The van der Waals surface area contributed by atoms with Gasteiger partial charge in [-0.15, -0.1) is 0 Å². The summed E-state index contributed by atoms with van der Waals surface area (Å²) in [6.07, 6.45) is -23.0. The van der Waals surface area contributed by atoms with Gasteiger partial charge in [-0.05, 0) is 25.1 Å². The van der Waals surface area contributed by atoms with Gasteiger partial charge in [-0.2, -0.15) is 0 Å². The first-order valence-corrected chi connectivity index (χ1v) is 16.3. The van der Waals surface area contributed by atoms with Crippen LogP contribution in [0.2, 0.25) is 0 Å². The van der Waals surface area contributed by atoms with E-state index < -0.39 is 122 Å². The third-order valence-corrected chi connectivity index (χ3v) is 9.21. The molecule has 3 aromatic rings. The van der Waals surface area contributed by atoms with E-state index in [-0.39, 0.29) is 34.2 Å². The van der Waals surface area contributed by atoms with E-state index in [2.05, 4.69) is 0 Å². The lowest BCUT2D eigenvalue weighted by Crippen LogP contribution is -2.64. The number of hydrogen-bond acceptors (Lipinski definition) is 20. The Morgan fingerprint density at radius 1 is 0.774 bits per heavy atom. The van der Waals surface area contributed by atoms with Crippen molar-refractivity contribution in [1.29, 1.82) is 0 Å². The molecule has 3 aliphatic heterocycles. The zero-order valence-corrected chi connectivity index (χ0v) is 28.0. The van der Waals surface area contributed by atoms with Gasteiger partial charge in [-0.25, -0.2) is 0 Å². The molecule has 20 nitrogen and oxygen atoms in total. The number of methoxy groups -OCH3 is 1. The van der Waals surface area contributed by atoms with Crippen LogP contribution < -0.4 is 19.6 Å². The smallest absolute Gasteiger partial charge is 0.239 e. The molecule has 3 fully saturated rings. The van der Waals surface area contributed by atoms with Gasteiger partial charge in [-0.3, -0.25) is 4.79 Å². The SMILES string of the molecule is COc1cc(-c2oc3cc(O[C@@H]4O[C@@H](C)[C@H](O)[C@@H](O)[C@H]4O[C@@H]4O[C@H](CO)[C@@H](O)[C@H](O)[C@H]4O)cc(O)c3c(=O)c2O[C@@H]2OC[C@H](O)[C@H](O)[C@H]2O)ccc1O. The third kappa shape index (κ3) is 7.34. The number of rotatable bonds is 9. The largest absolute Gasteiger partial charge is 0.507 e. The lowest BCUT2D eigenvalue weighted by Gasteiger charge is -2.45. The van der Waals surface area contributed by atoms with Crippen molar-refractivity contribution in [2.75, 3.05) is 20.3 Å². The topological polar surface area (TPSA) is 317 Å². The minimum Gasteiger partial charge on any atom is -0.507 e. The summed E-state index contributed by atoms with van der Waals surface area (Å²) in [4.78, 5) is 14.0. The number of phenols is 2. The lowest BCUT2D eigenvalue weighted by atomic mass is 9.97. The summed E-state index contributed by atoms with van der Waals surface area (Å²) in [5.41, 5.74) is -1.24. The first-order valence-electron chi connectivity index (χ1n) is 16.3. The van der Waals surface area contributed by atoms with Crippen molar-refractivity contribution < 1.29 is 93.7 Å². The molecule has 11 N–H and O–H groups in total. The van der Waals surface area contributed by atoms with Crippen molar-refractivity contribution in [2.45, 2.75) is 92.9 Å². The average Bonchev–Trinajstić information content (AvgIpc) is 3.13. The number of aliphatic hydroxyl groups excluding tert-OH is 9. The number of benzene rings is 2. The van der Waals surface area contributed by atoms with E-state index in [4.69, 9.17) is 37.6 Å². The Morgan fingerprint density at radius 3 is 2.19 bits per heavy atom. The Bertz CT molecular complexity index is 1820. The molecule has 0 bridgehead atoms. The van der Waals surface area contributed by atoms with Crippen LogP contribution in [-0.4, -0.2) is 163 Å². The minimum atomic E-state index is -1.89. The molecular formula is C33H40O20. The van der Waals surface area contributed by atoms with Gasteiger partial charge in [-0.1, -0.05) is 0 Å². The van der Waals surface area contributed by atoms with Crippen molar-refractivity contribution in [1.82, 2.24) is 0 Å². The van der Waals surface area contributed by atoms with Crippen molar-refractivity contribution in [3.8, 4) is 40.1 Å². The minimum absolute atomic E-state index is 0.0432. The average molecular weight is 757 g/mol. The van der Waals surface area contributed by atoms with Crippen LogP contribution in [0.4, 0.5) is 0 Å². The van der Waals surface area contributed by atoms with Crippen LogP contribution in [0.5, 0.6) is 28.7 Å². The second-order valence-corrected chi connectivity index (χ2v) is 12.8. The van der Waals surface area contributed by atoms with Gasteiger partial charge in [0.1, 0.15) is 77.4 Å². The maximum absolute atomic E-state index is 14.0. The van der Waals surface area contributed by atoms with Crippen LogP contribution in [0.1, 0.15) is 6.92 Å². The molecule has 1 aromatic heterocycles. The number of hydrogen-bond donors (Lipinski definition) is 11. The first-order chi connectivity index (χ1) is 25.1. The molecular weight excluding hydrogens is 716 g/mol. The summed E-state index contributed by atoms with van der Waals surface area (Å²) in [6.45, 7) is 0.156. The van der Waals surface area contributed by atoms with Gasteiger partial charge < -0.3 is 93.7 Å². The van der Waals surface area contributed by atoms with E-state index in [1.807, 2.05) is 0 Å². The normalized spacial score (nSPS) is 36.3. The summed E-state index contributed by atoms with van der Waals surface area (Å²) in [5, 5.41) is 113. The van der Waals surface area contributed by atoms with E-state index in [1.54, 1.807) is 0 Å². The van der Waals surface area contributed by atoms with Crippen LogP contribution in [0.25, 0.3) is 22.3 Å². The molecule has 0 saturated carbocycles. The van der Waals surface area contributed by atoms with E-state index >= 15 is 0 Å². The van der Waals surface area contributed by atoms with E-state index in [9.17, 15) is 61.0 Å². The monoisotopic (exact) mass is 756 g/mol. The van der Waals surface area contributed by atoms with Crippen LogP contribution in [0, 0.1) is 0 Å². The molecule has 4 heterocycles. The van der Waals surface area contributed by atoms with Crippen molar-refractivity contribution in [2.24, 2.45) is 0 Å². The number of ether oxygens (including phenoxy) is 7. The summed E-state index contributed by atoms with van der Waals surface area (Å²) >= 11 is 0. The summed E-state index contributed by atoms with van der Waals surface area (Å²) in [5.74, 6) is -2.25. The number of fused-ring (bicyclic) bond motifs is 1. The van der Waals surface area contributed by atoms with E-state index in [0.717, 1.165) is 12.1 Å². The van der Waals surface area contributed by atoms with Gasteiger partial charge in [0.15, 0.2) is 29.7 Å². The summed E-state index contributed by atoms with van der Waals surface area (Å²) in [6, 6.07) is 5.95. The number of aliphatic hydroxyl groups is 9. The van der Waals surface area contributed by atoms with Crippen molar-refractivity contribution in [3.05, 3.63) is 40.6 Å². The Hall–Kier alpha value is -3.87. The van der Waals surface area contributed by atoms with Crippen LogP contribution >= 0.6 is 0 Å². The zero-order valence-electron chi connectivity index (χ0n) is 28.0. The highest BCUT2D eigenvalue weighted by molar-refractivity contribution is 5.88. The Balaban J connectivity index is 1.39. The van der Waals surface area contributed by atoms with E-state index in [0.29, 0.717) is 0 Å². The molecule has 20 heteroatoms. The maximum atomic E-state index is 14.0. The Kier molecular flexibility index (Phi) is 11.3. The second kappa shape index (κ2) is 15.5. The lowest BCUT2D eigenvalue weighted by molar-refractivity contribution is -0.355. The summed E-state index contributed by atoms with van der Waals surface area (Å²) < 4.78 is 45.0. The Morgan fingerprint density at radius 2 is 1.49 bits per heavy atom. The quantitative estimate of drug-likeness (QED) is 0.102. The van der Waals surface area contributed by atoms with Crippen LogP contribution in [0.3, 0.4) is 0 Å². The van der Waals surface area contributed by atoms with Crippen molar-refractivity contribution >= 4 is 11.0 Å². The molecule has 0 amide bonds. The molecule has 53 heavy (non-hydrogen) atoms. The van der Waals surface area contributed by atoms with Gasteiger partial charge >= 0.3 is 0 Å². The molecule has 3 aliphatic rings. The first kappa shape index (κ1) is 38.8. The molecule has 0 aliphatic carbocycles. The molecule has 3 saturated heterocycles. The zero-order chi connectivity index (χ0) is 38.5. The van der Waals surface area contributed by atoms with Gasteiger partial charge in [0.25, 0.3) is 0 Å². The van der Waals surface area contributed by atoms with Crippen LogP contribution in [-0.2, 0) is 18.9 Å². The van der Waals surface area contributed by atoms with Gasteiger partial charge in [0, 0.05) is 17.7 Å². The highest BCUT2D eigenvalue weighted by atomic mass is 16.8. The molecule has 0 unspecified atom stereocenters. The van der Waals surface area contributed by atoms with Crippen LogP contribution in [0.15, 0.2) is 39.5 Å².